The number of nitrogens with zero attached hydrogens (tertiary/aromatic N) is 1. The number of carbonyl (C=O) groups is 2. The molecule has 0 radical (unpaired) electrons. The average Bonchev–Trinajstić information content (AvgIpc) is 3.33. The van der Waals surface area contributed by atoms with Crippen molar-refractivity contribution in [3.8, 4) is 11.1 Å². The predicted molar refractivity (Wildman–Crippen MR) is 112 cm³/mol. The van der Waals surface area contributed by atoms with Gasteiger partial charge in [-0.25, -0.2) is 0 Å². The summed E-state index contributed by atoms with van der Waals surface area (Å²) in [4.78, 5) is 27.1. The molecule has 1 N–H and O–H groups in total. The number of nitrogens with one attached hydrogen (secondary N) is 1. The van der Waals surface area contributed by atoms with E-state index >= 15 is 0 Å². The molecule has 1 atom stereocenters. The lowest BCUT2D eigenvalue weighted by Gasteiger charge is -2.29. The summed E-state index contributed by atoms with van der Waals surface area (Å²) in [5.74, 6) is -0.0355. The van der Waals surface area contributed by atoms with E-state index in [2.05, 4.69) is 46.4 Å². The molecule has 150 valence electrons. The van der Waals surface area contributed by atoms with Gasteiger partial charge in [0, 0.05) is 26.2 Å². The zero-order valence-corrected chi connectivity index (χ0v) is 17.6. The summed E-state index contributed by atoms with van der Waals surface area (Å²) in [5, 5.41) is 7.26. The van der Waals surface area contributed by atoms with Crippen molar-refractivity contribution in [1.82, 2.24) is 10.2 Å². The highest BCUT2D eigenvalue weighted by Gasteiger charge is 2.46. The molecular weight excluding hydrogens is 372 g/mol. The highest BCUT2D eigenvalue weighted by molar-refractivity contribution is 7.08. The van der Waals surface area contributed by atoms with Gasteiger partial charge >= 0.3 is 0 Å². The number of likely N-dealkylation sites (tertiary alicyclic amines) is 1. The Morgan fingerprint density at radius 2 is 1.96 bits per heavy atom. The quantitative estimate of drug-likeness (QED) is 0.775. The Labute approximate surface area is 170 Å². The fourth-order valence-electron chi connectivity index (χ4n) is 3.76. The van der Waals surface area contributed by atoms with Gasteiger partial charge in [-0.1, -0.05) is 24.3 Å². The Bertz CT molecular complexity index is 802. The predicted octanol–water partition coefficient (Wildman–Crippen LogP) is 3.35. The molecule has 1 aliphatic rings. The van der Waals surface area contributed by atoms with E-state index < -0.39 is 5.41 Å². The van der Waals surface area contributed by atoms with Gasteiger partial charge in [0.2, 0.25) is 11.8 Å². The molecule has 0 spiro atoms. The molecule has 2 heterocycles. The van der Waals surface area contributed by atoms with Gasteiger partial charge in [0.25, 0.3) is 0 Å². The molecule has 28 heavy (non-hydrogen) atoms. The Balaban J connectivity index is 1.80. The SMILES string of the molecule is COCC(=O)N1CC[C@@](Cc2ccc(-c3ccsc3)cc2)(C(=O)NC(C)C)C1. The first kappa shape index (κ1) is 20.6. The lowest BCUT2D eigenvalue weighted by atomic mass is 9.79. The molecule has 1 aromatic carbocycles. The van der Waals surface area contributed by atoms with Gasteiger partial charge < -0.3 is 15.0 Å². The minimum Gasteiger partial charge on any atom is -0.375 e. The van der Waals surface area contributed by atoms with Crippen molar-refractivity contribution in [3.63, 3.8) is 0 Å². The van der Waals surface area contributed by atoms with Crippen molar-refractivity contribution < 1.29 is 14.3 Å². The monoisotopic (exact) mass is 400 g/mol. The molecule has 6 heteroatoms. The summed E-state index contributed by atoms with van der Waals surface area (Å²) >= 11 is 1.68. The van der Waals surface area contributed by atoms with Gasteiger partial charge in [-0.15, -0.1) is 0 Å². The molecule has 2 aromatic rings. The van der Waals surface area contributed by atoms with E-state index in [4.69, 9.17) is 4.74 Å². The maximum absolute atomic E-state index is 13.1. The third-order valence-corrected chi connectivity index (χ3v) is 5.91. The van der Waals surface area contributed by atoms with Crippen molar-refractivity contribution in [2.45, 2.75) is 32.7 Å². The molecule has 0 saturated carbocycles. The smallest absolute Gasteiger partial charge is 0.248 e. The number of ether oxygens (including phenoxy) is 1. The first-order valence-corrected chi connectivity index (χ1v) is 10.6. The van der Waals surface area contributed by atoms with Crippen LogP contribution in [0.2, 0.25) is 0 Å². The number of hydrogen-bond acceptors (Lipinski definition) is 4. The van der Waals surface area contributed by atoms with Crippen LogP contribution in [0.4, 0.5) is 0 Å². The van der Waals surface area contributed by atoms with Gasteiger partial charge in [0.15, 0.2) is 0 Å². The van der Waals surface area contributed by atoms with E-state index in [1.807, 2.05) is 13.8 Å². The fraction of sp³-hybridized carbons (Fsp3) is 0.455. The van der Waals surface area contributed by atoms with Crippen LogP contribution >= 0.6 is 11.3 Å². The molecule has 1 aromatic heterocycles. The van der Waals surface area contributed by atoms with Crippen molar-refractivity contribution >= 4 is 23.2 Å². The van der Waals surface area contributed by atoms with Crippen LogP contribution in [-0.2, 0) is 20.7 Å². The maximum atomic E-state index is 13.1. The number of thiophene rings is 1. The molecule has 1 saturated heterocycles. The number of methoxy groups -OCH3 is 1. The molecule has 1 aliphatic heterocycles. The number of rotatable bonds is 7. The average molecular weight is 401 g/mol. The first-order chi connectivity index (χ1) is 13.4. The topological polar surface area (TPSA) is 58.6 Å². The lowest BCUT2D eigenvalue weighted by Crippen LogP contribution is -2.47. The van der Waals surface area contributed by atoms with E-state index in [0.29, 0.717) is 25.9 Å². The van der Waals surface area contributed by atoms with E-state index in [1.54, 1.807) is 16.2 Å². The molecule has 5 nitrogen and oxygen atoms in total. The van der Waals surface area contributed by atoms with Gasteiger partial charge in [-0.2, -0.15) is 11.3 Å². The largest absolute Gasteiger partial charge is 0.375 e. The molecule has 1 fully saturated rings. The van der Waals surface area contributed by atoms with E-state index in [9.17, 15) is 9.59 Å². The first-order valence-electron chi connectivity index (χ1n) is 9.63. The normalized spacial score (nSPS) is 19.2. The van der Waals surface area contributed by atoms with Crippen LogP contribution in [0.5, 0.6) is 0 Å². The minimum atomic E-state index is -0.600. The van der Waals surface area contributed by atoms with Crippen molar-refractivity contribution in [2.24, 2.45) is 5.41 Å². The van der Waals surface area contributed by atoms with Crippen LogP contribution in [0.1, 0.15) is 25.8 Å². The third kappa shape index (κ3) is 4.62. The second kappa shape index (κ2) is 8.88. The van der Waals surface area contributed by atoms with Crippen LogP contribution in [0.15, 0.2) is 41.1 Å². The molecule has 0 aliphatic carbocycles. The second-order valence-corrected chi connectivity index (χ2v) is 8.57. The van der Waals surface area contributed by atoms with Crippen molar-refractivity contribution in [3.05, 3.63) is 46.7 Å². The van der Waals surface area contributed by atoms with E-state index in [0.717, 1.165) is 5.56 Å². The third-order valence-electron chi connectivity index (χ3n) is 5.23. The van der Waals surface area contributed by atoms with Crippen LogP contribution in [-0.4, -0.2) is 49.6 Å². The van der Waals surface area contributed by atoms with E-state index in [-0.39, 0.29) is 24.5 Å². The maximum Gasteiger partial charge on any atom is 0.248 e. The Hall–Kier alpha value is -2.18. The van der Waals surface area contributed by atoms with Crippen molar-refractivity contribution in [1.29, 1.82) is 0 Å². The summed E-state index contributed by atoms with van der Waals surface area (Å²) < 4.78 is 4.99. The van der Waals surface area contributed by atoms with Crippen molar-refractivity contribution in [2.75, 3.05) is 26.8 Å². The van der Waals surface area contributed by atoms with Crippen LogP contribution in [0.25, 0.3) is 11.1 Å². The lowest BCUT2D eigenvalue weighted by molar-refractivity contribution is -0.136. The van der Waals surface area contributed by atoms with Gasteiger partial charge in [0.05, 0.1) is 5.41 Å². The Morgan fingerprint density at radius 1 is 1.21 bits per heavy atom. The Morgan fingerprint density at radius 3 is 2.57 bits per heavy atom. The standard InChI is InChI=1S/C22H28N2O3S/c1-16(2)23-21(26)22(9-10-24(15-22)20(25)13-27-3)12-17-4-6-18(7-5-17)19-8-11-28-14-19/h4-8,11,14,16H,9-10,12-13,15H2,1-3H3,(H,23,26)/t22-/m0/s1. The van der Waals surface area contributed by atoms with Crippen LogP contribution in [0.3, 0.4) is 0 Å². The van der Waals surface area contributed by atoms with Gasteiger partial charge in [0.1, 0.15) is 6.61 Å². The molecular formula is C22H28N2O3S. The highest BCUT2D eigenvalue weighted by atomic mass is 32.1. The summed E-state index contributed by atoms with van der Waals surface area (Å²) in [6.45, 7) is 4.99. The van der Waals surface area contributed by atoms with Crippen LogP contribution < -0.4 is 5.32 Å². The molecule has 0 unspecified atom stereocenters. The second-order valence-electron chi connectivity index (χ2n) is 7.79. The minimum absolute atomic E-state index is 0.0251. The number of benzene rings is 1. The summed E-state index contributed by atoms with van der Waals surface area (Å²) in [5.41, 5.74) is 2.89. The zero-order valence-electron chi connectivity index (χ0n) is 16.7. The number of carbonyl (C=O) groups excluding carboxylic acids is 2. The Kier molecular flexibility index (Phi) is 6.52. The van der Waals surface area contributed by atoms with Gasteiger partial charge in [-0.05, 0) is 60.2 Å². The summed E-state index contributed by atoms with van der Waals surface area (Å²) in [6.07, 6.45) is 1.28. The fourth-order valence-corrected chi connectivity index (χ4v) is 4.42. The van der Waals surface area contributed by atoms with E-state index in [1.165, 1.54) is 18.2 Å². The molecule has 2 amide bonds. The summed E-state index contributed by atoms with van der Waals surface area (Å²) in [6, 6.07) is 10.6. The molecule has 0 bridgehead atoms. The molecule has 3 rings (SSSR count). The van der Waals surface area contributed by atoms with Crippen LogP contribution in [0, 0.1) is 5.41 Å². The number of hydrogen-bond donors (Lipinski definition) is 1. The summed E-state index contributed by atoms with van der Waals surface area (Å²) in [7, 11) is 1.52. The van der Waals surface area contributed by atoms with Gasteiger partial charge in [-0.3, -0.25) is 9.59 Å². The zero-order chi connectivity index (χ0) is 20.1. The number of amides is 2. The highest BCUT2D eigenvalue weighted by Crippen LogP contribution is 2.35.